The molecule has 0 bridgehead atoms. The summed E-state index contributed by atoms with van der Waals surface area (Å²) in [5, 5.41) is 7.39. The van der Waals surface area contributed by atoms with Crippen LogP contribution >= 0.6 is 0 Å². The molecule has 0 spiro atoms. The Morgan fingerprint density at radius 3 is 2.40 bits per heavy atom. The standard InChI is InChI=1S/C2N2O/c3-1-4-2-5. The Morgan fingerprint density at radius 1 is 1.80 bits per heavy atom. The van der Waals surface area contributed by atoms with E-state index in [0.717, 1.165) is 6.08 Å². The Kier molecular flexibility index (Phi) is 2.22. The van der Waals surface area contributed by atoms with E-state index in [1.165, 1.54) is 6.19 Å². The zero-order chi connectivity index (χ0) is 4.12. The van der Waals surface area contributed by atoms with E-state index in [0.29, 0.717) is 0 Å². The lowest BCUT2D eigenvalue weighted by atomic mass is 11.3. The number of rotatable bonds is 0. The molecule has 0 fully saturated rings. The Bertz CT molecular complexity index is 94.7. The quantitative estimate of drug-likeness (QED) is 0.224. The van der Waals surface area contributed by atoms with Crippen LogP contribution in [-0.2, 0) is 4.79 Å². The fourth-order valence-electron chi connectivity index (χ4n) is 0.0204. The predicted octanol–water partition coefficient (Wildman–Crippen LogP) is -0.197. The van der Waals surface area contributed by atoms with Gasteiger partial charge in [0.1, 0.15) is 0 Å². The fourth-order valence-corrected chi connectivity index (χ4v) is 0.0204. The lowest BCUT2D eigenvalue weighted by Gasteiger charge is -1.33. The smallest absolute Gasteiger partial charge is 0.210 e. The van der Waals surface area contributed by atoms with E-state index < -0.39 is 0 Å². The van der Waals surface area contributed by atoms with Crippen LogP contribution in [0.3, 0.4) is 0 Å². The number of carbonyl (C=O) groups excluding carboxylic acids is 1. The van der Waals surface area contributed by atoms with E-state index in [1.807, 2.05) is 0 Å². The second kappa shape index (κ2) is 2.87. The van der Waals surface area contributed by atoms with Gasteiger partial charge in [0.15, 0.2) is 0 Å². The molecule has 0 aromatic carbocycles. The molecule has 0 aromatic rings. The molecule has 0 aliphatic rings. The summed E-state index contributed by atoms with van der Waals surface area (Å²) in [4.78, 5) is 11.4. The average molecular weight is 68.0 g/mol. The maximum atomic E-state index is 8.89. The second-order valence-electron chi connectivity index (χ2n) is 0.303. The third-order valence-electron chi connectivity index (χ3n) is 0.0956. The number of nitrogens with zero attached hydrogens (tertiary/aromatic N) is 2. The molecule has 0 rings (SSSR count). The normalized spacial score (nSPS) is 3.80. The number of hydrogen-bond acceptors (Lipinski definition) is 3. The molecular formula is C2N2O. The first-order valence-corrected chi connectivity index (χ1v) is 0.875. The maximum Gasteiger partial charge on any atom is 0.251 e. The third-order valence-corrected chi connectivity index (χ3v) is 0.0956. The molecule has 0 heterocycles. The summed E-state index contributed by atoms with van der Waals surface area (Å²) < 4.78 is 0. The van der Waals surface area contributed by atoms with Crippen LogP contribution in [0.5, 0.6) is 0 Å². The summed E-state index contributed by atoms with van der Waals surface area (Å²) in [6, 6.07) is 0. The van der Waals surface area contributed by atoms with Crippen molar-refractivity contribution in [2.24, 2.45) is 4.99 Å². The van der Waals surface area contributed by atoms with E-state index in [1.54, 1.807) is 0 Å². The van der Waals surface area contributed by atoms with Gasteiger partial charge in [-0.05, 0) is 0 Å². The van der Waals surface area contributed by atoms with Crippen molar-refractivity contribution in [2.45, 2.75) is 0 Å². The van der Waals surface area contributed by atoms with Gasteiger partial charge in [0.2, 0.25) is 6.19 Å². The van der Waals surface area contributed by atoms with Gasteiger partial charge >= 0.3 is 0 Å². The summed E-state index contributed by atoms with van der Waals surface area (Å²) in [6.07, 6.45) is 2.25. The molecule has 3 nitrogen and oxygen atoms in total. The van der Waals surface area contributed by atoms with Gasteiger partial charge < -0.3 is 0 Å². The molecule has 3 heteroatoms. The highest BCUT2D eigenvalue weighted by Crippen LogP contribution is 1.41. The molecule has 0 unspecified atom stereocenters. The molecule has 0 N–H and O–H groups in total. The largest absolute Gasteiger partial charge is 0.251 e. The van der Waals surface area contributed by atoms with Crippen LogP contribution < -0.4 is 0 Å². The van der Waals surface area contributed by atoms with Crippen LogP contribution in [0.1, 0.15) is 0 Å². The van der Waals surface area contributed by atoms with Gasteiger partial charge in [0.05, 0.1) is 0 Å². The summed E-state index contributed by atoms with van der Waals surface area (Å²) in [7, 11) is 0. The molecule has 0 saturated heterocycles. The van der Waals surface area contributed by atoms with Gasteiger partial charge in [-0.1, -0.05) is 4.99 Å². The zero-order valence-electron chi connectivity index (χ0n) is 2.30. The topological polar surface area (TPSA) is 53.2 Å². The van der Waals surface area contributed by atoms with Crippen LogP contribution in [0.2, 0.25) is 0 Å². The molecule has 0 amide bonds. The van der Waals surface area contributed by atoms with Crippen molar-refractivity contribution in [1.29, 1.82) is 5.26 Å². The molecule has 0 saturated carbocycles. The average Bonchev–Trinajstić information content (AvgIpc) is 1.41. The maximum absolute atomic E-state index is 8.89. The second-order valence-corrected chi connectivity index (χ2v) is 0.303. The number of isocyanates is 1. The van der Waals surface area contributed by atoms with Crippen LogP contribution in [0.25, 0.3) is 0 Å². The Hall–Kier alpha value is -1.13. The monoisotopic (exact) mass is 68.0 g/mol. The molecule has 0 aliphatic heterocycles. The molecule has 24 valence electrons. The minimum Gasteiger partial charge on any atom is -0.210 e. The van der Waals surface area contributed by atoms with Crippen LogP contribution in [0, 0.1) is 11.5 Å². The molecule has 0 aliphatic carbocycles. The Labute approximate surface area is 28.6 Å². The van der Waals surface area contributed by atoms with Crippen molar-refractivity contribution in [3.05, 3.63) is 0 Å². The van der Waals surface area contributed by atoms with Crippen molar-refractivity contribution >= 4 is 6.08 Å². The van der Waals surface area contributed by atoms with Gasteiger partial charge in [-0.2, -0.15) is 5.26 Å². The highest BCUT2D eigenvalue weighted by Gasteiger charge is 1.45. The molecular weight excluding hydrogens is 68.0 g/mol. The van der Waals surface area contributed by atoms with Gasteiger partial charge in [-0.25, -0.2) is 4.79 Å². The highest BCUT2D eigenvalue weighted by atomic mass is 16.1. The first-order valence-electron chi connectivity index (χ1n) is 0.875. The van der Waals surface area contributed by atoms with E-state index in [4.69, 9.17) is 10.1 Å². The summed E-state index contributed by atoms with van der Waals surface area (Å²) in [6.45, 7) is 0. The highest BCUT2D eigenvalue weighted by molar-refractivity contribution is 5.34. The van der Waals surface area contributed by atoms with Crippen molar-refractivity contribution in [1.82, 2.24) is 0 Å². The van der Waals surface area contributed by atoms with E-state index in [2.05, 4.69) is 4.99 Å². The number of hydrogen-bond donors (Lipinski definition) is 0. The summed E-state index contributed by atoms with van der Waals surface area (Å²) >= 11 is 0. The first-order chi connectivity index (χ1) is 2.41. The third kappa shape index (κ3) is 2.87. The van der Waals surface area contributed by atoms with Crippen molar-refractivity contribution in [2.75, 3.05) is 0 Å². The molecule has 5 heavy (non-hydrogen) atoms. The van der Waals surface area contributed by atoms with Crippen molar-refractivity contribution in [3.63, 3.8) is 0 Å². The fraction of sp³-hybridized carbons (Fsp3) is 0. The molecule has 0 radical (unpaired) electrons. The zero-order valence-corrected chi connectivity index (χ0v) is 2.30. The minimum atomic E-state index is 1.03. The predicted molar refractivity (Wildman–Crippen MR) is 13.7 cm³/mol. The molecule has 0 aromatic heterocycles. The lowest BCUT2D eigenvalue weighted by molar-refractivity contribution is 0.565. The van der Waals surface area contributed by atoms with Crippen LogP contribution in [-0.4, -0.2) is 6.08 Å². The SMILES string of the molecule is N#CN=C=O. The van der Waals surface area contributed by atoms with Gasteiger partial charge in [0.25, 0.3) is 6.08 Å². The van der Waals surface area contributed by atoms with E-state index >= 15 is 0 Å². The number of nitriles is 1. The summed E-state index contributed by atoms with van der Waals surface area (Å²) in [5.41, 5.74) is 0. The Balaban J connectivity index is 3.46. The Morgan fingerprint density at radius 2 is 2.40 bits per heavy atom. The molecule has 0 atom stereocenters. The van der Waals surface area contributed by atoms with Gasteiger partial charge in [0, 0.05) is 0 Å². The van der Waals surface area contributed by atoms with Crippen LogP contribution in [0.4, 0.5) is 0 Å². The van der Waals surface area contributed by atoms with Crippen molar-refractivity contribution in [3.8, 4) is 6.19 Å². The first kappa shape index (κ1) is 3.87. The summed E-state index contributed by atoms with van der Waals surface area (Å²) in [5.74, 6) is 0. The van der Waals surface area contributed by atoms with Crippen LogP contribution in [0.15, 0.2) is 4.99 Å². The van der Waals surface area contributed by atoms with E-state index in [-0.39, 0.29) is 0 Å². The van der Waals surface area contributed by atoms with Gasteiger partial charge in [-0.3, -0.25) is 0 Å². The minimum absolute atomic E-state index is 1.03. The number of aliphatic imine (C=N–C) groups is 1. The van der Waals surface area contributed by atoms with Crippen molar-refractivity contribution < 1.29 is 4.79 Å². The van der Waals surface area contributed by atoms with E-state index in [9.17, 15) is 0 Å². The van der Waals surface area contributed by atoms with Gasteiger partial charge in [-0.15, -0.1) is 0 Å². The lowest BCUT2D eigenvalue weighted by Crippen LogP contribution is -1.39.